The van der Waals surface area contributed by atoms with Gasteiger partial charge < -0.3 is 39.9 Å². The van der Waals surface area contributed by atoms with E-state index in [0.717, 1.165) is 135 Å². The van der Waals surface area contributed by atoms with Gasteiger partial charge in [-0.2, -0.15) is 0 Å². The molecule has 4 radical (unpaired) electrons. The number of benzene rings is 12. The summed E-state index contributed by atoms with van der Waals surface area (Å²) in [5, 5.41) is 0. The Balaban J connectivity index is 0.000000182. The van der Waals surface area contributed by atoms with Gasteiger partial charge in [0.15, 0.2) is 0 Å². The Hall–Kier alpha value is -13.8. The fourth-order valence-corrected chi connectivity index (χ4v) is 13.2. The van der Waals surface area contributed by atoms with E-state index in [2.05, 4.69) is 107 Å². The molecule has 0 saturated heterocycles. The van der Waals surface area contributed by atoms with E-state index in [1.807, 2.05) is 367 Å². The van der Waals surface area contributed by atoms with E-state index in [1.165, 1.54) is 31.2 Å². The van der Waals surface area contributed by atoms with Gasteiger partial charge >= 0.3 is 0 Å². The van der Waals surface area contributed by atoms with Crippen LogP contribution in [0.1, 0.15) is 75.4 Å². The van der Waals surface area contributed by atoms with Crippen LogP contribution < -0.4 is 0 Å². The van der Waals surface area contributed by atoms with Crippen molar-refractivity contribution in [2.45, 2.75) is 59.7 Å². The number of aromatic nitrogens is 8. The first kappa shape index (κ1) is 98.2. The molecule has 12 aromatic carbocycles. The minimum absolute atomic E-state index is 0. The van der Waals surface area contributed by atoms with E-state index in [4.69, 9.17) is 6.85 Å². The maximum absolute atomic E-state index is 14.2. The molecule has 1 atom stereocenters. The molecule has 0 aliphatic heterocycles. The van der Waals surface area contributed by atoms with Crippen LogP contribution in [-0.4, -0.2) is 39.9 Å². The molecule has 0 amide bonds. The van der Waals surface area contributed by atoms with Crippen LogP contribution in [0.4, 0.5) is 13.2 Å². The van der Waals surface area contributed by atoms with Crippen molar-refractivity contribution in [2.75, 3.05) is 0 Å². The first-order valence-electron chi connectivity index (χ1n) is 45.3. The number of pyridine rings is 8. The number of hydrogen-bond acceptors (Lipinski definition) is 8. The first-order chi connectivity index (χ1) is 66.6. The molecular formula is C121H95F3Ir4N8-8. The molecule has 0 aliphatic carbocycles. The van der Waals surface area contributed by atoms with Crippen LogP contribution in [-0.2, 0) is 86.8 Å². The van der Waals surface area contributed by atoms with Gasteiger partial charge in [-0.15, -0.1) is 287 Å². The Bertz CT molecular complexity index is 6550. The van der Waals surface area contributed by atoms with E-state index in [-0.39, 0.29) is 97.6 Å². The van der Waals surface area contributed by atoms with Gasteiger partial charge in [0.2, 0.25) is 0 Å². The molecule has 15 heteroatoms. The summed E-state index contributed by atoms with van der Waals surface area (Å²) in [7, 11) is 0. The van der Waals surface area contributed by atoms with Crippen LogP contribution >= 0.6 is 0 Å². The van der Waals surface area contributed by atoms with Crippen molar-refractivity contribution in [3.8, 4) is 135 Å². The van der Waals surface area contributed by atoms with Crippen LogP contribution in [0.5, 0.6) is 0 Å². The van der Waals surface area contributed by atoms with Crippen molar-refractivity contribution in [1.29, 1.82) is 0 Å². The SMILES string of the molecule is CCc1cc(-c2ccc(-c3[c-]cccc3)nc2)ccc1F.Cc1cc(-c2ccc(-c3[c-]cccc3)nc2)ccc1F.[2H]C(C)(C)c1ccc(-c2ccc(-c3[c-]cccc3)nc2)cc1.[2H]C([2H])([2H])C([2H])(C)c1cc(-c2ccc(-c3[c-]cccc3)nc2)ccc1F.[Ir].[Ir].[Ir].[Ir].[c-]1ccccc1-c1ccccn1.[c-]1ccccc1-c1ccccn1.[c-]1ccccc1-c1ccccn1.[c-]1ccccc1-c1ccccn1. The molecule has 8 heterocycles. The standard InChI is InChI=1S/C20H17FN.C20H18N.C19H15FN.C18H13FN.4C11H8N.4Ir/c1-14(2)18-12-16(8-10-19(18)21)17-9-11-20(22-13-17)15-6-4-3-5-7-15;1-15(2)16-8-10-17(11-9-16)19-12-13-20(21-14-19)18-6-4-3-5-7-18;1-2-14-12-16(8-10-18(14)20)17-9-11-19(21-13-17)15-6-4-3-5-7-15;1-13-11-15(7-9-17(13)19)16-8-10-18(20-12-16)14-5-3-2-4-6-14;4*1-2-6-10(7-3-1)11-8-4-5-9-12-11;;;;/h3-6,8-14H,1-2H3;3-6,8-15H,1-2H3;3-6,8-13H,2H2,1H3;2-5,7-12H,1H3;4*1-6,8-9H;;;;/q8*-1;;;;/i1D3,14D;15D;;;;;;;;;;. The molecule has 8 nitrogen and oxygen atoms in total. The van der Waals surface area contributed by atoms with Gasteiger partial charge in [0.1, 0.15) is 17.5 Å². The largest absolute Gasteiger partial charge is 0.305 e. The normalized spacial score (nSPS) is 11.2. The fourth-order valence-electron chi connectivity index (χ4n) is 13.2. The zero-order chi connectivity index (χ0) is 96.0. The van der Waals surface area contributed by atoms with Crippen LogP contribution in [0.3, 0.4) is 0 Å². The zero-order valence-electron chi connectivity index (χ0n) is 79.9. The summed E-state index contributed by atoms with van der Waals surface area (Å²) in [6.07, 6.45) is 15.0. The minimum Gasteiger partial charge on any atom is -0.305 e. The van der Waals surface area contributed by atoms with Gasteiger partial charge in [-0.1, -0.05) is 174 Å². The first-order valence-corrected chi connectivity index (χ1v) is 42.8. The van der Waals surface area contributed by atoms with Crippen molar-refractivity contribution >= 4 is 0 Å². The number of aryl methyl sites for hydroxylation is 2. The van der Waals surface area contributed by atoms with E-state index in [1.54, 1.807) is 62.2 Å². The Morgan fingerprint density at radius 2 is 0.507 bits per heavy atom. The fraction of sp³-hybridized carbons (Fsp3) is 0.0744. The third-order valence-corrected chi connectivity index (χ3v) is 20.3. The molecule has 20 aromatic rings. The predicted octanol–water partition coefficient (Wildman–Crippen LogP) is 30.6. The molecule has 0 fully saturated rings. The second-order valence-electron chi connectivity index (χ2n) is 29.8. The third kappa shape index (κ3) is 32.5. The monoisotopic (exact) mass is 2490 g/mol. The molecule has 1 unspecified atom stereocenters. The average Bonchev–Trinajstić information content (AvgIpc) is 0.770. The molecule has 8 aromatic heterocycles. The summed E-state index contributed by atoms with van der Waals surface area (Å²) in [6, 6.07) is 149. The summed E-state index contributed by atoms with van der Waals surface area (Å²) in [5.41, 5.74) is 25.0. The van der Waals surface area contributed by atoms with E-state index >= 15 is 0 Å². The Labute approximate surface area is 859 Å². The number of nitrogens with zero attached hydrogens (tertiary/aromatic N) is 8. The smallest absolute Gasteiger partial charge is 0.126 e. The van der Waals surface area contributed by atoms with Crippen LogP contribution in [0, 0.1) is 72.9 Å². The second-order valence-corrected chi connectivity index (χ2v) is 29.8. The van der Waals surface area contributed by atoms with Crippen LogP contribution in [0.15, 0.2) is 444 Å². The summed E-state index contributed by atoms with van der Waals surface area (Å²) in [5.74, 6) is -3.64. The maximum Gasteiger partial charge on any atom is 0.126 e. The summed E-state index contributed by atoms with van der Waals surface area (Å²) in [4.78, 5) is 34.7. The molecular weight excluding hydrogens is 2390 g/mol. The van der Waals surface area contributed by atoms with Crippen molar-refractivity contribution in [1.82, 2.24) is 39.9 Å². The third-order valence-electron chi connectivity index (χ3n) is 20.3. The van der Waals surface area contributed by atoms with Gasteiger partial charge in [-0.3, -0.25) is 0 Å². The second kappa shape index (κ2) is 57.1. The van der Waals surface area contributed by atoms with Gasteiger partial charge in [-0.25, -0.2) is 13.2 Å². The van der Waals surface area contributed by atoms with Gasteiger partial charge in [-0.05, 0) is 198 Å². The molecule has 684 valence electrons. The van der Waals surface area contributed by atoms with Gasteiger partial charge in [0.05, 0.1) is 0 Å². The summed E-state index contributed by atoms with van der Waals surface area (Å²) < 4.78 is 79.8. The maximum atomic E-state index is 14.2. The van der Waals surface area contributed by atoms with Crippen LogP contribution in [0.25, 0.3) is 135 Å². The van der Waals surface area contributed by atoms with E-state index < -0.39 is 24.5 Å². The van der Waals surface area contributed by atoms with Crippen molar-refractivity contribution in [2.24, 2.45) is 0 Å². The van der Waals surface area contributed by atoms with Crippen LogP contribution in [0.2, 0.25) is 0 Å². The topological polar surface area (TPSA) is 103 Å². The molecule has 0 bridgehead atoms. The molecule has 0 spiro atoms. The summed E-state index contributed by atoms with van der Waals surface area (Å²) in [6.45, 7) is 6.07. The van der Waals surface area contributed by atoms with Crippen molar-refractivity contribution in [3.63, 3.8) is 0 Å². The van der Waals surface area contributed by atoms with E-state index in [0.29, 0.717) is 23.1 Å². The van der Waals surface area contributed by atoms with E-state index in [9.17, 15) is 13.2 Å². The predicted molar refractivity (Wildman–Crippen MR) is 532 cm³/mol. The average molecular weight is 2490 g/mol. The summed E-state index contributed by atoms with van der Waals surface area (Å²) >= 11 is 0. The van der Waals surface area contributed by atoms with Crippen molar-refractivity contribution in [3.05, 3.63) is 532 Å². The zero-order valence-corrected chi connectivity index (χ0v) is 84.5. The van der Waals surface area contributed by atoms with Gasteiger partial charge in [0, 0.05) is 137 Å². The molecule has 20 rings (SSSR count). The minimum atomic E-state index is -2.64. The van der Waals surface area contributed by atoms with Gasteiger partial charge in [0.25, 0.3) is 0 Å². The number of hydrogen-bond donors (Lipinski definition) is 0. The Morgan fingerprint density at radius 3 is 0.750 bits per heavy atom. The molecule has 0 N–H and O–H groups in total. The number of rotatable bonds is 15. The quantitative estimate of drug-likeness (QED) is 0.0935. The Kier molecular flexibility index (Phi) is 41.2. The molecule has 0 aliphatic rings. The number of halogens is 3. The Morgan fingerprint density at radius 1 is 0.257 bits per heavy atom. The molecule has 136 heavy (non-hydrogen) atoms. The molecule has 0 saturated carbocycles. The van der Waals surface area contributed by atoms with Crippen molar-refractivity contribution < 1.29 is 100 Å².